The van der Waals surface area contributed by atoms with E-state index in [2.05, 4.69) is 10.6 Å². The van der Waals surface area contributed by atoms with Gasteiger partial charge in [-0.05, 0) is 30.5 Å². The predicted octanol–water partition coefficient (Wildman–Crippen LogP) is 2.34. The van der Waals surface area contributed by atoms with Crippen molar-refractivity contribution in [2.24, 2.45) is 5.73 Å². The molecule has 0 aliphatic heterocycles. The number of aliphatic hydroxyl groups is 1. The molecule has 3 amide bonds. The van der Waals surface area contributed by atoms with Gasteiger partial charge in [-0.15, -0.1) is 11.3 Å². The first kappa shape index (κ1) is 15.5. The third kappa shape index (κ3) is 3.35. The van der Waals surface area contributed by atoms with Crippen molar-refractivity contribution in [2.75, 3.05) is 10.6 Å². The third-order valence-electron chi connectivity index (χ3n) is 3.74. The molecule has 0 saturated carbocycles. The first-order chi connectivity index (χ1) is 11.0. The number of primary amides is 1. The van der Waals surface area contributed by atoms with E-state index in [0.717, 1.165) is 10.4 Å². The van der Waals surface area contributed by atoms with Crippen molar-refractivity contribution in [3.05, 3.63) is 46.3 Å². The lowest BCUT2D eigenvalue weighted by Crippen LogP contribution is -2.23. The highest BCUT2D eigenvalue weighted by Gasteiger charge is 2.27. The van der Waals surface area contributed by atoms with Crippen molar-refractivity contribution in [3.63, 3.8) is 0 Å². The smallest absolute Gasteiger partial charge is 0.324 e. The third-order valence-corrected chi connectivity index (χ3v) is 4.91. The molecule has 0 spiro atoms. The van der Waals surface area contributed by atoms with Crippen LogP contribution < -0.4 is 16.4 Å². The van der Waals surface area contributed by atoms with Gasteiger partial charge >= 0.3 is 6.03 Å². The first-order valence-electron chi connectivity index (χ1n) is 7.30. The Morgan fingerprint density at radius 3 is 2.65 bits per heavy atom. The summed E-state index contributed by atoms with van der Waals surface area (Å²) in [4.78, 5) is 24.8. The fourth-order valence-corrected chi connectivity index (χ4v) is 4.02. The Labute approximate surface area is 137 Å². The summed E-state index contributed by atoms with van der Waals surface area (Å²) in [5, 5.41) is 15.6. The molecule has 2 aromatic rings. The summed E-state index contributed by atoms with van der Waals surface area (Å²) in [7, 11) is 0. The number of hydrogen-bond acceptors (Lipinski definition) is 4. The summed E-state index contributed by atoms with van der Waals surface area (Å²) >= 11 is 1.30. The van der Waals surface area contributed by atoms with Gasteiger partial charge in [-0.1, -0.05) is 18.2 Å². The quantitative estimate of drug-likeness (QED) is 0.694. The van der Waals surface area contributed by atoms with Crippen LogP contribution in [0.1, 0.15) is 27.2 Å². The van der Waals surface area contributed by atoms with E-state index in [4.69, 9.17) is 5.73 Å². The van der Waals surface area contributed by atoms with Crippen LogP contribution in [-0.2, 0) is 12.8 Å². The average Bonchev–Trinajstić information content (AvgIpc) is 2.84. The van der Waals surface area contributed by atoms with E-state index >= 15 is 0 Å². The minimum absolute atomic E-state index is 0.361. The lowest BCUT2D eigenvalue weighted by Gasteiger charge is -2.17. The van der Waals surface area contributed by atoms with E-state index < -0.39 is 18.0 Å². The van der Waals surface area contributed by atoms with Crippen LogP contribution in [0.2, 0.25) is 0 Å². The highest BCUT2D eigenvalue weighted by Crippen LogP contribution is 2.38. The van der Waals surface area contributed by atoms with Crippen LogP contribution in [0, 0.1) is 0 Å². The number of hydrogen-bond donors (Lipinski definition) is 4. The molecule has 0 saturated heterocycles. The molecule has 1 unspecified atom stereocenters. The molecule has 7 heteroatoms. The summed E-state index contributed by atoms with van der Waals surface area (Å²) in [6, 6.07) is 8.59. The fraction of sp³-hybridized carbons (Fsp3) is 0.250. The van der Waals surface area contributed by atoms with Crippen LogP contribution in [0.5, 0.6) is 0 Å². The van der Waals surface area contributed by atoms with E-state index in [1.807, 2.05) is 18.2 Å². The van der Waals surface area contributed by atoms with E-state index in [9.17, 15) is 14.7 Å². The number of urea groups is 1. The molecule has 1 aromatic heterocycles. The van der Waals surface area contributed by atoms with Crippen LogP contribution >= 0.6 is 11.3 Å². The summed E-state index contributed by atoms with van der Waals surface area (Å²) in [6.07, 6.45) is 1.27. The zero-order valence-electron chi connectivity index (χ0n) is 12.3. The zero-order valence-corrected chi connectivity index (χ0v) is 13.2. The molecule has 0 bridgehead atoms. The molecule has 120 valence electrons. The normalized spacial score (nSPS) is 16.5. The maximum Gasteiger partial charge on any atom is 0.324 e. The van der Waals surface area contributed by atoms with Gasteiger partial charge in [0.25, 0.3) is 5.91 Å². The molecule has 1 atom stereocenters. The molecule has 1 heterocycles. The number of nitrogens with two attached hydrogens (primary N) is 1. The van der Waals surface area contributed by atoms with Gasteiger partial charge in [-0.3, -0.25) is 10.1 Å². The Bertz CT molecular complexity index is 743. The Morgan fingerprint density at radius 2 is 1.96 bits per heavy atom. The van der Waals surface area contributed by atoms with Crippen LogP contribution in [0.3, 0.4) is 0 Å². The van der Waals surface area contributed by atoms with Gasteiger partial charge in [0.2, 0.25) is 0 Å². The molecule has 23 heavy (non-hydrogen) atoms. The lowest BCUT2D eigenvalue weighted by atomic mass is 9.93. The Balaban J connectivity index is 1.82. The van der Waals surface area contributed by atoms with Gasteiger partial charge in [-0.25, -0.2) is 4.79 Å². The zero-order chi connectivity index (χ0) is 16.4. The van der Waals surface area contributed by atoms with Gasteiger partial charge in [0.05, 0.1) is 11.7 Å². The maximum absolute atomic E-state index is 12.1. The highest BCUT2D eigenvalue weighted by atomic mass is 32.1. The second kappa shape index (κ2) is 6.39. The number of benzene rings is 1. The standard InChI is InChI=1S/C16H17N3O3S/c17-14(21)13-11-7-6-10(20)8-12(11)23-15(13)19-16(22)18-9-4-2-1-3-5-9/h1-5,10,20H,6-8H2,(H2,17,21)(H2,18,19,22). The largest absolute Gasteiger partial charge is 0.393 e. The van der Waals surface area contributed by atoms with E-state index in [1.54, 1.807) is 12.1 Å². The summed E-state index contributed by atoms with van der Waals surface area (Å²) in [5.74, 6) is -0.561. The van der Waals surface area contributed by atoms with Crippen molar-refractivity contribution in [1.82, 2.24) is 0 Å². The fourth-order valence-electron chi connectivity index (χ4n) is 2.70. The number of carbonyl (C=O) groups excluding carboxylic acids is 2. The van der Waals surface area contributed by atoms with Crippen molar-refractivity contribution in [3.8, 4) is 0 Å². The monoisotopic (exact) mass is 331 g/mol. The molecule has 1 aliphatic carbocycles. The second-order valence-electron chi connectivity index (χ2n) is 5.41. The summed E-state index contributed by atoms with van der Waals surface area (Å²) in [6.45, 7) is 0. The summed E-state index contributed by atoms with van der Waals surface area (Å²) in [5.41, 5.74) is 7.35. The number of thiophene rings is 1. The summed E-state index contributed by atoms with van der Waals surface area (Å²) < 4.78 is 0. The van der Waals surface area contributed by atoms with Gasteiger partial charge in [0.15, 0.2) is 0 Å². The molecule has 1 aromatic carbocycles. The Morgan fingerprint density at radius 1 is 1.22 bits per heavy atom. The number of carbonyl (C=O) groups is 2. The topological polar surface area (TPSA) is 104 Å². The lowest BCUT2D eigenvalue weighted by molar-refractivity contribution is 0.0999. The van der Waals surface area contributed by atoms with E-state index in [1.165, 1.54) is 11.3 Å². The van der Waals surface area contributed by atoms with Gasteiger partial charge in [0.1, 0.15) is 5.00 Å². The van der Waals surface area contributed by atoms with Crippen molar-refractivity contribution in [2.45, 2.75) is 25.4 Å². The minimum atomic E-state index is -0.561. The van der Waals surface area contributed by atoms with E-state index in [0.29, 0.717) is 35.5 Å². The number of rotatable bonds is 3. The molecule has 6 nitrogen and oxygen atoms in total. The number of nitrogens with one attached hydrogen (secondary N) is 2. The molecular weight excluding hydrogens is 314 g/mol. The molecule has 5 N–H and O–H groups in total. The average molecular weight is 331 g/mol. The van der Waals surface area contributed by atoms with Crippen molar-refractivity contribution in [1.29, 1.82) is 0 Å². The molecule has 1 aliphatic rings. The van der Waals surface area contributed by atoms with Gasteiger partial charge in [-0.2, -0.15) is 0 Å². The van der Waals surface area contributed by atoms with Crippen LogP contribution in [-0.4, -0.2) is 23.1 Å². The first-order valence-corrected chi connectivity index (χ1v) is 8.11. The molecular formula is C16H17N3O3S. The number of aliphatic hydroxyl groups excluding tert-OH is 1. The Hall–Kier alpha value is -2.38. The Kier molecular flexibility index (Phi) is 4.31. The number of fused-ring (bicyclic) bond motifs is 1. The molecule has 0 fully saturated rings. The molecule has 3 rings (SSSR count). The highest BCUT2D eigenvalue weighted by molar-refractivity contribution is 7.17. The number of amides is 3. The minimum Gasteiger partial charge on any atom is -0.393 e. The van der Waals surface area contributed by atoms with Crippen LogP contribution in [0.25, 0.3) is 0 Å². The number of para-hydroxylation sites is 1. The van der Waals surface area contributed by atoms with Crippen molar-refractivity contribution < 1.29 is 14.7 Å². The van der Waals surface area contributed by atoms with Crippen molar-refractivity contribution >= 4 is 34.0 Å². The molecule has 0 radical (unpaired) electrons. The van der Waals surface area contributed by atoms with Crippen LogP contribution in [0.4, 0.5) is 15.5 Å². The number of anilines is 2. The van der Waals surface area contributed by atoms with Gasteiger partial charge in [0, 0.05) is 17.0 Å². The van der Waals surface area contributed by atoms with Gasteiger partial charge < -0.3 is 16.2 Å². The predicted molar refractivity (Wildman–Crippen MR) is 90.0 cm³/mol. The second-order valence-corrected chi connectivity index (χ2v) is 6.52. The van der Waals surface area contributed by atoms with Crippen LogP contribution in [0.15, 0.2) is 30.3 Å². The SMILES string of the molecule is NC(=O)c1c(NC(=O)Nc2ccccc2)sc2c1CCC(O)C2. The van der Waals surface area contributed by atoms with E-state index in [-0.39, 0.29) is 0 Å². The maximum atomic E-state index is 12.1.